The summed E-state index contributed by atoms with van der Waals surface area (Å²) in [6.07, 6.45) is 4.75. The monoisotopic (exact) mass is 381 g/mol. The number of benzene rings is 1. The van der Waals surface area contributed by atoms with Crippen molar-refractivity contribution in [2.24, 2.45) is 5.92 Å². The third-order valence-electron chi connectivity index (χ3n) is 5.64. The molecule has 0 saturated carbocycles. The van der Waals surface area contributed by atoms with Crippen molar-refractivity contribution in [3.8, 4) is 0 Å². The molecule has 1 atom stereocenters. The van der Waals surface area contributed by atoms with Crippen LogP contribution in [0, 0.1) is 16.0 Å². The van der Waals surface area contributed by atoms with Crippen molar-refractivity contribution in [2.75, 3.05) is 24.5 Å². The van der Waals surface area contributed by atoms with Gasteiger partial charge in [0.25, 0.3) is 5.69 Å². The van der Waals surface area contributed by atoms with Crippen molar-refractivity contribution >= 4 is 21.4 Å². The Morgan fingerprint density at radius 1 is 1.08 bits per heavy atom. The van der Waals surface area contributed by atoms with Gasteiger partial charge in [0.2, 0.25) is 10.0 Å². The summed E-state index contributed by atoms with van der Waals surface area (Å²) in [5, 5.41) is 11.6. The topological polar surface area (TPSA) is 83.8 Å². The number of sulfonamides is 1. The number of anilines is 1. The fourth-order valence-corrected chi connectivity index (χ4v) is 5.37. The highest BCUT2D eigenvalue weighted by atomic mass is 32.2. The first-order valence-corrected chi connectivity index (χ1v) is 10.8. The summed E-state index contributed by atoms with van der Waals surface area (Å²) in [7, 11) is -3.69. The highest BCUT2D eigenvalue weighted by molar-refractivity contribution is 7.89. The summed E-state index contributed by atoms with van der Waals surface area (Å²) < 4.78 is 27.3. The quantitative estimate of drug-likeness (QED) is 0.590. The zero-order chi connectivity index (χ0) is 18.9. The molecular formula is C18H27N3O4S. The summed E-state index contributed by atoms with van der Waals surface area (Å²) >= 11 is 0. The molecule has 1 aromatic rings. The van der Waals surface area contributed by atoms with E-state index in [1.165, 1.54) is 16.4 Å². The number of nitro benzene ring substituents is 1. The van der Waals surface area contributed by atoms with Crippen LogP contribution < -0.4 is 4.90 Å². The van der Waals surface area contributed by atoms with Crippen LogP contribution in [0.2, 0.25) is 0 Å². The van der Waals surface area contributed by atoms with Gasteiger partial charge in [-0.25, -0.2) is 8.42 Å². The largest absolute Gasteiger partial charge is 0.363 e. The van der Waals surface area contributed by atoms with E-state index in [1.807, 2.05) is 4.90 Å². The second kappa shape index (κ2) is 7.52. The fourth-order valence-electron chi connectivity index (χ4n) is 3.88. The number of piperidine rings is 2. The van der Waals surface area contributed by atoms with Crippen molar-refractivity contribution in [1.29, 1.82) is 0 Å². The zero-order valence-corrected chi connectivity index (χ0v) is 16.2. The SMILES string of the molecule is CC1CCN(S(=O)(=O)c2ccc(N3CCCC[C@H]3C)c([N+](=O)[O-])c2)CC1. The second-order valence-electron chi connectivity index (χ2n) is 7.53. The highest BCUT2D eigenvalue weighted by Gasteiger charge is 2.32. The summed E-state index contributed by atoms with van der Waals surface area (Å²) in [4.78, 5) is 13.2. The Balaban J connectivity index is 1.94. The summed E-state index contributed by atoms with van der Waals surface area (Å²) in [6.45, 7) is 5.88. The van der Waals surface area contributed by atoms with Crippen molar-refractivity contribution < 1.29 is 13.3 Å². The third-order valence-corrected chi connectivity index (χ3v) is 7.53. The zero-order valence-electron chi connectivity index (χ0n) is 15.4. The lowest BCUT2D eigenvalue weighted by Gasteiger charge is -2.35. The van der Waals surface area contributed by atoms with Gasteiger partial charge in [-0.15, -0.1) is 0 Å². The van der Waals surface area contributed by atoms with Crippen molar-refractivity contribution in [2.45, 2.75) is 56.9 Å². The number of hydrogen-bond acceptors (Lipinski definition) is 5. The van der Waals surface area contributed by atoms with Gasteiger partial charge in [-0.2, -0.15) is 4.31 Å². The van der Waals surface area contributed by atoms with Crippen LogP contribution in [-0.4, -0.2) is 43.3 Å². The van der Waals surface area contributed by atoms with Gasteiger partial charge < -0.3 is 4.90 Å². The molecule has 0 radical (unpaired) electrons. The van der Waals surface area contributed by atoms with E-state index in [2.05, 4.69) is 13.8 Å². The molecule has 26 heavy (non-hydrogen) atoms. The molecule has 2 fully saturated rings. The lowest BCUT2D eigenvalue weighted by molar-refractivity contribution is -0.384. The molecule has 2 saturated heterocycles. The minimum absolute atomic E-state index is 0.0205. The maximum atomic E-state index is 12.9. The lowest BCUT2D eigenvalue weighted by atomic mass is 10.0. The van der Waals surface area contributed by atoms with Gasteiger partial charge in [-0.05, 0) is 57.1 Å². The van der Waals surface area contributed by atoms with Crippen LogP contribution >= 0.6 is 0 Å². The van der Waals surface area contributed by atoms with E-state index in [9.17, 15) is 18.5 Å². The van der Waals surface area contributed by atoms with Crippen molar-refractivity contribution in [3.05, 3.63) is 28.3 Å². The van der Waals surface area contributed by atoms with E-state index in [4.69, 9.17) is 0 Å². The van der Waals surface area contributed by atoms with Gasteiger partial charge >= 0.3 is 0 Å². The lowest BCUT2D eigenvalue weighted by Crippen LogP contribution is -2.38. The molecule has 2 heterocycles. The minimum atomic E-state index is -3.69. The molecule has 2 aliphatic heterocycles. The Morgan fingerprint density at radius 2 is 1.77 bits per heavy atom. The first-order chi connectivity index (χ1) is 12.3. The van der Waals surface area contributed by atoms with Gasteiger partial charge in [0.05, 0.1) is 9.82 Å². The predicted octanol–water partition coefficient (Wildman–Crippen LogP) is 3.39. The molecule has 0 amide bonds. The standard InChI is InChI=1S/C18H27N3O4S/c1-14-8-11-19(12-9-14)26(24,25)16-6-7-17(18(13-16)21(22)23)20-10-4-3-5-15(20)2/h6-7,13-15H,3-5,8-12H2,1-2H3/t15-/m1/s1. The Labute approximate surface area is 155 Å². The summed E-state index contributed by atoms with van der Waals surface area (Å²) in [5.74, 6) is 0.513. The van der Waals surface area contributed by atoms with E-state index in [1.54, 1.807) is 6.07 Å². The minimum Gasteiger partial charge on any atom is -0.363 e. The number of nitrogens with zero attached hydrogens (tertiary/aromatic N) is 3. The maximum Gasteiger partial charge on any atom is 0.293 e. The Bertz CT molecular complexity index is 773. The number of rotatable bonds is 4. The molecule has 1 aromatic carbocycles. The van der Waals surface area contributed by atoms with Crippen LogP contribution in [0.25, 0.3) is 0 Å². The molecule has 0 N–H and O–H groups in total. The molecule has 0 aromatic heterocycles. The first kappa shape index (κ1) is 19.1. The second-order valence-corrected chi connectivity index (χ2v) is 9.47. The van der Waals surface area contributed by atoms with Crippen LogP contribution in [0.4, 0.5) is 11.4 Å². The Morgan fingerprint density at radius 3 is 2.38 bits per heavy atom. The molecule has 0 spiro atoms. The van der Waals surface area contributed by atoms with E-state index in [0.29, 0.717) is 24.7 Å². The van der Waals surface area contributed by atoms with Crippen molar-refractivity contribution in [3.63, 3.8) is 0 Å². The average Bonchev–Trinajstić information content (AvgIpc) is 2.62. The Hall–Kier alpha value is -1.67. The fraction of sp³-hybridized carbons (Fsp3) is 0.667. The van der Waals surface area contributed by atoms with Crippen LogP contribution in [0.3, 0.4) is 0 Å². The Kier molecular flexibility index (Phi) is 5.53. The molecule has 0 aliphatic carbocycles. The smallest absolute Gasteiger partial charge is 0.293 e. The van der Waals surface area contributed by atoms with Crippen LogP contribution in [0.15, 0.2) is 23.1 Å². The van der Waals surface area contributed by atoms with Crippen LogP contribution in [-0.2, 0) is 10.0 Å². The van der Waals surface area contributed by atoms with Crippen LogP contribution in [0.5, 0.6) is 0 Å². The predicted molar refractivity (Wildman–Crippen MR) is 101 cm³/mol. The molecule has 3 rings (SSSR count). The molecular weight excluding hydrogens is 354 g/mol. The summed E-state index contributed by atoms with van der Waals surface area (Å²) in [6, 6.07) is 4.59. The maximum absolute atomic E-state index is 12.9. The summed E-state index contributed by atoms with van der Waals surface area (Å²) in [5.41, 5.74) is 0.401. The average molecular weight is 381 g/mol. The molecule has 144 valence electrons. The number of nitro groups is 1. The van der Waals surface area contributed by atoms with E-state index in [0.717, 1.165) is 38.6 Å². The van der Waals surface area contributed by atoms with Gasteiger partial charge in [0, 0.05) is 31.7 Å². The van der Waals surface area contributed by atoms with Gasteiger partial charge in [-0.3, -0.25) is 10.1 Å². The van der Waals surface area contributed by atoms with Crippen LogP contribution in [0.1, 0.15) is 46.0 Å². The van der Waals surface area contributed by atoms with Gasteiger partial charge in [0.15, 0.2) is 0 Å². The molecule has 0 bridgehead atoms. The van der Waals surface area contributed by atoms with Gasteiger partial charge in [0.1, 0.15) is 5.69 Å². The number of hydrogen-bond donors (Lipinski definition) is 0. The van der Waals surface area contributed by atoms with Gasteiger partial charge in [-0.1, -0.05) is 6.92 Å². The normalized spacial score (nSPS) is 23.2. The highest BCUT2D eigenvalue weighted by Crippen LogP contribution is 2.35. The molecule has 0 unspecified atom stereocenters. The van der Waals surface area contributed by atoms with E-state index in [-0.39, 0.29) is 16.6 Å². The van der Waals surface area contributed by atoms with E-state index < -0.39 is 14.9 Å². The molecule has 8 heteroatoms. The molecule has 7 nitrogen and oxygen atoms in total. The van der Waals surface area contributed by atoms with Crippen molar-refractivity contribution in [1.82, 2.24) is 4.31 Å². The first-order valence-electron chi connectivity index (χ1n) is 9.36. The van der Waals surface area contributed by atoms with E-state index >= 15 is 0 Å². The third kappa shape index (κ3) is 3.71. The molecule has 2 aliphatic rings.